The third-order valence-electron chi connectivity index (χ3n) is 2.42. The smallest absolute Gasteiger partial charge is 0.314 e. The molecule has 1 aromatic rings. The van der Waals surface area contributed by atoms with Gasteiger partial charge in [-0.1, -0.05) is 17.7 Å². The van der Waals surface area contributed by atoms with E-state index < -0.39 is 0 Å². The Labute approximate surface area is 119 Å². The summed E-state index contributed by atoms with van der Waals surface area (Å²) < 4.78 is 5.37. The molecular formula is C14H21ClN2O2. The van der Waals surface area contributed by atoms with E-state index in [2.05, 4.69) is 10.6 Å². The Hall–Kier alpha value is -1.42. The molecule has 2 N–H and O–H groups in total. The molecule has 0 radical (unpaired) electrons. The zero-order valence-electron chi connectivity index (χ0n) is 11.6. The minimum absolute atomic E-state index is 0.139. The van der Waals surface area contributed by atoms with Crippen LogP contribution in [0.1, 0.15) is 26.3 Å². The van der Waals surface area contributed by atoms with Gasteiger partial charge >= 0.3 is 6.03 Å². The SMILES string of the molecule is CCOc1ccc(CCNC(=O)NC(C)C)cc1Cl. The van der Waals surface area contributed by atoms with Gasteiger partial charge < -0.3 is 15.4 Å². The van der Waals surface area contributed by atoms with E-state index in [0.29, 0.717) is 23.9 Å². The van der Waals surface area contributed by atoms with E-state index in [4.69, 9.17) is 16.3 Å². The van der Waals surface area contributed by atoms with Crippen molar-refractivity contribution in [3.05, 3.63) is 28.8 Å². The zero-order valence-corrected chi connectivity index (χ0v) is 12.4. The maximum absolute atomic E-state index is 11.4. The monoisotopic (exact) mass is 284 g/mol. The van der Waals surface area contributed by atoms with Gasteiger partial charge in [-0.3, -0.25) is 0 Å². The maximum Gasteiger partial charge on any atom is 0.314 e. The third-order valence-corrected chi connectivity index (χ3v) is 2.71. The van der Waals surface area contributed by atoms with Gasteiger partial charge in [-0.2, -0.15) is 0 Å². The Kier molecular flexibility index (Phi) is 6.50. The number of benzene rings is 1. The third kappa shape index (κ3) is 5.83. The topological polar surface area (TPSA) is 50.4 Å². The van der Waals surface area contributed by atoms with E-state index in [1.165, 1.54) is 0 Å². The molecule has 0 heterocycles. The van der Waals surface area contributed by atoms with Crippen LogP contribution < -0.4 is 15.4 Å². The van der Waals surface area contributed by atoms with Crippen molar-refractivity contribution in [3.63, 3.8) is 0 Å². The van der Waals surface area contributed by atoms with E-state index in [1.54, 1.807) is 0 Å². The molecule has 0 atom stereocenters. The van der Waals surface area contributed by atoms with Crippen molar-refractivity contribution < 1.29 is 9.53 Å². The second-order valence-corrected chi connectivity index (χ2v) is 4.91. The van der Waals surface area contributed by atoms with Gasteiger partial charge in [0, 0.05) is 12.6 Å². The highest BCUT2D eigenvalue weighted by molar-refractivity contribution is 6.32. The normalized spacial score (nSPS) is 10.4. The largest absolute Gasteiger partial charge is 0.492 e. The van der Waals surface area contributed by atoms with Gasteiger partial charge in [-0.05, 0) is 44.9 Å². The van der Waals surface area contributed by atoms with E-state index >= 15 is 0 Å². The van der Waals surface area contributed by atoms with Crippen LogP contribution >= 0.6 is 11.6 Å². The number of halogens is 1. The summed E-state index contributed by atoms with van der Waals surface area (Å²) in [6.07, 6.45) is 0.734. The highest BCUT2D eigenvalue weighted by atomic mass is 35.5. The summed E-state index contributed by atoms with van der Waals surface area (Å²) in [5, 5.41) is 6.17. The molecule has 19 heavy (non-hydrogen) atoms. The van der Waals surface area contributed by atoms with Gasteiger partial charge in [-0.25, -0.2) is 4.79 Å². The summed E-state index contributed by atoms with van der Waals surface area (Å²) >= 11 is 6.09. The van der Waals surface area contributed by atoms with Gasteiger partial charge in [0.15, 0.2) is 0 Å². The van der Waals surface area contributed by atoms with Crippen molar-refractivity contribution in [1.29, 1.82) is 0 Å². The summed E-state index contributed by atoms with van der Waals surface area (Å²) in [6, 6.07) is 5.68. The first-order valence-corrected chi connectivity index (χ1v) is 6.86. The first-order chi connectivity index (χ1) is 9.02. The molecule has 4 nitrogen and oxygen atoms in total. The molecule has 0 saturated carbocycles. The van der Waals surface area contributed by atoms with Crippen LogP contribution in [0.2, 0.25) is 5.02 Å². The molecule has 0 aliphatic carbocycles. The molecule has 0 spiro atoms. The first-order valence-electron chi connectivity index (χ1n) is 6.48. The lowest BCUT2D eigenvalue weighted by Crippen LogP contribution is -2.40. The van der Waals surface area contributed by atoms with Crippen LogP contribution in [-0.2, 0) is 6.42 Å². The number of rotatable bonds is 6. The Morgan fingerprint density at radius 2 is 2.16 bits per heavy atom. The number of ether oxygens (including phenoxy) is 1. The summed E-state index contributed by atoms with van der Waals surface area (Å²) in [7, 11) is 0. The lowest BCUT2D eigenvalue weighted by molar-refractivity contribution is 0.238. The second-order valence-electron chi connectivity index (χ2n) is 4.50. The van der Waals surface area contributed by atoms with Crippen molar-refractivity contribution in [2.24, 2.45) is 0 Å². The fourth-order valence-corrected chi connectivity index (χ4v) is 1.86. The molecule has 0 bridgehead atoms. The number of amides is 2. The average Bonchev–Trinajstić information content (AvgIpc) is 2.32. The fraction of sp³-hybridized carbons (Fsp3) is 0.500. The van der Waals surface area contributed by atoms with Crippen molar-refractivity contribution in [2.45, 2.75) is 33.2 Å². The molecule has 0 saturated heterocycles. The lowest BCUT2D eigenvalue weighted by atomic mass is 10.1. The highest BCUT2D eigenvalue weighted by Gasteiger charge is 2.04. The Balaban J connectivity index is 2.41. The Morgan fingerprint density at radius 1 is 1.42 bits per heavy atom. The van der Waals surface area contributed by atoms with Crippen LogP contribution in [0.15, 0.2) is 18.2 Å². The number of urea groups is 1. The number of carbonyl (C=O) groups is 1. The second kappa shape index (κ2) is 7.89. The van der Waals surface area contributed by atoms with E-state index in [-0.39, 0.29) is 12.1 Å². The molecule has 1 aromatic carbocycles. The molecule has 0 aliphatic rings. The first kappa shape index (κ1) is 15.6. The number of hydrogen-bond acceptors (Lipinski definition) is 2. The van der Waals surface area contributed by atoms with Crippen molar-refractivity contribution in [2.75, 3.05) is 13.2 Å². The average molecular weight is 285 g/mol. The predicted molar refractivity (Wildman–Crippen MR) is 78.0 cm³/mol. The minimum atomic E-state index is -0.146. The standard InChI is InChI=1S/C14H21ClN2O2/c1-4-19-13-6-5-11(9-12(13)15)7-8-16-14(18)17-10(2)3/h5-6,9-10H,4,7-8H2,1-3H3,(H2,16,17,18). The zero-order chi connectivity index (χ0) is 14.3. The Bertz CT molecular complexity index is 422. The van der Waals surface area contributed by atoms with Crippen LogP contribution in [0.25, 0.3) is 0 Å². The molecule has 5 heteroatoms. The quantitative estimate of drug-likeness (QED) is 0.844. The molecule has 106 valence electrons. The predicted octanol–water partition coefficient (Wildman–Crippen LogP) is 2.99. The summed E-state index contributed by atoms with van der Waals surface area (Å²) in [5.41, 5.74) is 1.07. The van der Waals surface area contributed by atoms with Crippen LogP contribution in [0.3, 0.4) is 0 Å². The number of hydrogen-bond donors (Lipinski definition) is 2. The molecular weight excluding hydrogens is 264 g/mol. The van der Waals surface area contributed by atoms with Crippen LogP contribution in [0.5, 0.6) is 5.75 Å². The number of nitrogens with one attached hydrogen (secondary N) is 2. The van der Waals surface area contributed by atoms with Gasteiger partial charge in [-0.15, -0.1) is 0 Å². The van der Waals surface area contributed by atoms with Crippen molar-refractivity contribution in [3.8, 4) is 5.75 Å². The van der Waals surface area contributed by atoms with Crippen LogP contribution in [0.4, 0.5) is 4.79 Å². The molecule has 2 amide bonds. The Morgan fingerprint density at radius 3 is 2.74 bits per heavy atom. The fourth-order valence-electron chi connectivity index (χ4n) is 1.61. The summed E-state index contributed by atoms with van der Waals surface area (Å²) in [5.74, 6) is 0.693. The van der Waals surface area contributed by atoms with Gasteiger partial charge in [0.05, 0.1) is 11.6 Å². The van der Waals surface area contributed by atoms with Gasteiger partial charge in [0.2, 0.25) is 0 Å². The molecule has 0 aromatic heterocycles. The summed E-state index contributed by atoms with van der Waals surface area (Å²) in [4.78, 5) is 11.4. The minimum Gasteiger partial charge on any atom is -0.492 e. The van der Waals surface area contributed by atoms with E-state index in [0.717, 1.165) is 12.0 Å². The van der Waals surface area contributed by atoms with E-state index in [9.17, 15) is 4.79 Å². The molecule has 1 rings (SSSR count). The van der Waals surface area contributed by atoms with Crippen molar-refractivity contribution in [1.82, 2.24) is 10.6 Å². The van der Waals surface area contributed by atoms with Gasteiger partial charge in [0.1, 0.15) is 5.75 Å². The number of carbonyl (C=O) groups excluding carboxylic acids is 1. The molecule has 0 fully saturated rings. The molecule has 0 unspecified atom stereocenters. The lowest BCUT2D eigenvalue weighted by Gasteiger charge is -2.11. The summed E-state index contributed by atoms with van der Waals surface area (Å²) in [6.45, 7) is 6.93. The highest BCUT2D eigenvalue weighted by Crippen LogP contribution is 2.25. The van der Waals surface area contributed by atoms with Crippen molar-refractivity contribution >= 4 is 17.6 Å². The van der Waals surface area contributed by atoms with E-state index in [1.807, 2.05) is 39.0 Å². The van der Waals surface area contributed by atoms with Crippen LogP contribution in [-0.4, -0.2) is 25.2 Å². The van der Waals surface area contributed by atoms with Gasteiger partial charge in [0.25, 0.3) is 0 Å². The van der Waals surface area contributed by atoms with Crippen LogP contribution in [0, 0.1) is 0 Å². The maximum atomic E-state index is 11.4. The molecule has 0 aliphatic heterocycles.